The van der Waals surface area contributed by atoms with Crippen LogP contribution in [0.3, 0.4) is 0 Å². The zero-order valence-corrected chi connectivity index (χ0v) is 20.6. The van der Waals surface area contributed by atoms with E-state index < -0.39 is 11.9 Å². The zero-order valence-electron chi connectivity index (χ0n) is 20.6. The van der Waals surface area contributed by atoms with E-state index in [1.54, 1.807) is 43.5 Å². The maximum Gasteiger partial charge on any atom is 0.335 e. The summed E-state index contributed by atoms with van der Waals surface area (Å²) in [6.07, 6.45) is 2.90. The number of hydrogen-bond acceptors (Lipinski definition) is 10. The Morgan fingerprint density at radius 1 is 0.769 bits per heavy atom. The fourth-order valence-corrected chi connectivity index (χ4v) is 3.35. The predicted octanol–water partition coefficient (Wildman–Crippen LogP) is 4.52. The van der Waals surface area contributed by atoms with Crippen LogP contribution >= 0.6 is 0 Å². The van der Waals surface area contributed by atoms with Gasteiger partial charge in [-0.15, -0.1) is 0 Å². The molecule has 0 aliphatic heterocycles. The number of para-hydroxylation sites is 2. The topological polar surface area (TPSA) is 170 Å². The SMILES string of the molecule is COc1ccccc1Nc1cc(NN=Cc2cccc(C(=O)O)c2)nc(NN=Cc2cccc(C(=O)O)c2)n1. The van der Waals surface area contributed by atoms with Crippen molar-refractivity contribution in [1.82, 2.24) is 9.97 Å². The minimum absolute atomic E-state index is 0.117. The number of carboxylic acids is 2. The molecule has 0 unspecified atom stereocenters. The normalized spacial score (nSPS) is 10.9. The van der Waals surface area contributed by atoms with Gasteiger partial charge in [0, 0.05) is 6.07 Å². The van der Waals surface area contributed by atoms with E-state index in [2.05, 4.69) is 36.3 Å². The standard InChI is InChI=1S/C27H23N7O5/c1-39-22-11-3-2-10-21(22)30-23-14-24(33-28-15-17-6-4-8-19(12-17)25(35)36)32-27(31-23)34-29-16-18-7-5-9-20(13-18)26(37)38/h2-16H,1H3,(H,35,36)(H,37,38)(H3,30,31,32,33,34). The summed E-state index contributed by atoms with van der Waals surface area (Å²) in [5, 5.41) is 29.8. The number of aromatic carboxylic acids is 2. The molecule has 1 aromatic heterocycles. The molecular weight excluding hydrogens is 502 g/mol. The summed E-state index contributed by atoms with van der Waals surface area (Å²) in [6.45, 7) is 0. The quantitative estimate of drug-likeness (QED) is 0.139. The number of benzene rings is 3. The van der Waals surface area contributed by atoms with Gasteiger partial charge in [-0.2, -0.15) is 20.2 Å². The predicted molar refractivity (Wildman–Crippen MR) is 148 cm³/mol. The van der Waals surface area contributed by atoms with Gasteiger partial charge in [0.05, 0.1) is 36.4 Å². The first-order valence-electron chi connectivity index (χ1n) is 11.5. The molecule has 3 aromatic carbocycles. The summed E-state index contributed by atoms with van der Waals surface area (Å²) in [6, 6.07) is 21.5. The third-order valence-corrected chi connectivity index (χ3v) is 5.13. The van der Waals surface area contributed by atoms with Gasteiger partial charge in [0.1, 0.15) is 11.6 Å². The van der Waals surface area contributed by atoms with E-state index in [1.807, 2.05) is 18.2 Å². The van der Waals surface area contributed by atoms with Gasteiger partial charge in [-0.25, -0.2) is 15.0 Å². The van der Waals surface area contributed by atoms with Crippen LogP contribution in [0, 0.1) is 0 Å². The van der Waals surface area contributed by atoms with Crippen LogP contribution in [0.15, 0.2) is 89.1 Å². The van der Waals surface area contributed by atoms with Crippen LogP contribution in [0.4, 0.5) is 23.3 Å². The van der Waals surface area contributed by atoms with Gasteiger partial charge in [0.25, 0.3) is 0 Å². The molecule has 12 heteroatoms. The third kappa shape index (κ3) is 7.36. The molecule has 0 aliphatic carbocycles. The molecule has 0 saturated carbocycles. The molecule has 0 radical (unpaired) electrons. The van der Waals surface area contributed by atoms with Gasteiger partial charge < -0.3 is 20.3 Å². The van der Waals surface area contributed by atoms with Crippen molar-refractivity contribution in [2.45, 2.75) is 0 Å². The molecule has 12 nitrogen and oxygen atoms in total. The highest BCUT2D eigenvalue weighted by atomic mass is 16.5. The Hall–Kier alpha value is -5.78. The van der Waals surface area contributed by atoms with Crippen LogP contribution in [-0.4, -0.2) is 51.7 Å². The molecule has 0 amide bonds. The molecule has 0 atom stereocenters. The summed E-state index contributed by atoms with van der Waals surface area (Å²) < 4.78 is 5.39. The van der Waals surface area contributed by atoms with Crippen LogP contribution in [0.25, 0.3) is 0 Å². The van der Waals surface area contributed by atoms with Crippen LogP contribution in [0.5, 0.6) is 5.75 Å². The first kappa shape index (κ1) is 26.3. The molecule has 4 aromatic rings. The van der Waals surface area contributed by atoms with E-state index in [1.165, 1.54) is 36.7 Å². The molecule has 0 fully saturated rings. The lowest BCUT2D eigenvalue weighted by atomic mass is 10.1. The average molecular weight is 526 g/mol. The molecule has 196 valence electrons. The molecule has 0 aliphatic rings. The Balaban J connectivity index is 1.57. The number of aromatic nitrogens is 2. The van der Waals surface area contributed by atoms with E-state index in [4.69, 9.17) is 4.74 Å². The van der Waals surface area contributed by atoms with E-state index in [9.17, 15) is 19.8 Å². The number of hydrogen-bond donors (Lipinski definition) is 5. The number of methoxy groups -OCH3 is 1. The van der Waals surface area contributed by atoms with Crippen molar-refractivity contribution >= 4 is 47.6 Å². The maximum absolute atomic E-state index is 11.2. The number of rotatable bonds is 11. The largest absolute Gasteiger partial charge is 0.495 e. The molecule has 0 saturated heterocycles. The first-order chi connectivity index (χ1) is 18.9. The number of nitrogens with zero attached hydrogens (tertiary/aromatic N) is 4. The number of ether oxygens (including phenoxy) is 1. The van der Waals surface area contributed by atoms with Crippen molar-refractivity contribution in [3.63, 3.8) is 0 Å². The fourth-order valence-electron chi connectivity index (χ4n) is 3.35. The molecular formula is C27H23N7O5. The van der Waals surface area contributed by atoms with Gasteiger partial charge in [-0.3, -0.25) is 5.43 Å². The summed E-state index contributed by atoms with van der Waals surface area (Å²) in [7, 11) is 1.56. The van der Waals surface area contributed by atoms with Crippen molar-refractivity contribution in [3.05, 3.63) is 101 Å². The lowest BCUT2D eigenvalue weighted by molar-refractivity contribution is 0.0686. The summed E-state index contributed by atoms with van der Waals surface area (Å²) in [5.74, 6) is -0.655. The number of hydrazone groups is 2. The van der Waals surface area contributed by atoms with E-state index in [0.29, 0.717) is 34.2 Å². The maximum atomic E-state index is 11.2. The molecule has 5 N–H and O–H groups in total. The third-order valence-electron chi connectivity index (χ3n) is 5.13. The summed E-state index contributed by atoms with van der Waals surface area (Å²) in [5.41, 5.74) is 7.63. The minimum atomic E-state index is -1.04. The number of carboxylic acid groups (broad SMARTS) is 2. The molecule has 1 heterocycles. The number of nitrogens with one attached hydrogen (secondary N) is 3. The second-order valence-corrected chi connectivity index (χ2v) is 7.89. The number of anilines is 4. The second-order valence-electron chi connectivity index (χ2n) is 7.89. The zero-order chi connectivity index (χ0) is 27.6. The Morgan fingerprint density at radius 2 is 1.36 bits per heavy atom. The van der Waals surface area contributed by atoms with Crippen molar-refractivity contribution in [2.24, 2.45) is 10.2 Å². The summed E-state index contributed by atoms with van der Waals surface area (Å²) >= 11 is 0. The first-order valence-corrected chi connectivity index (χ1v) is 11.5. The van der Waals surface area contributed by atoms with Gasteiger partial charge in [-0.1, -0.05) is 36.4 Å². The molecule has 0 bridgehead atoms. The molecule has 0 spiro atoms. The van der Waals surface area contributed by atoms with Gasteiger partial charge in [-0.05, 0) is 47.5 Å². The minimum Gasteiger partial charge on any atom is -0.495 e. The highest BCUT2D eigenvalue weighted by Gasteiger charge is 2.08. The van der Waals surface area contributed by atoms with Crippen molar-refractivity contribution in [3.8, 4) is 5.75 Å². The lowest BCUT2D eigenvalue weighted by Gasteiger charge is -2.12. The van der Waals surface area contributed by atoms with E-state index in [0.717, 1.165) is 0 Å². The smallest absolute Gasteiger partial charge is 0.335 e. The Labute approximate surface area is 222 Å². The summed E-state index contributed by atoms with van der Waals surface area (Å²) in [4.78, 5) is 31.2. The van der Waals surface area contributed by atoms with Crippen molar-refractivity contribution in [1.29, 1.82) is 0 Å². The van der Waals surface area contributed by atoms with Crippen LogP contribution < -0.4 is 20.9 Å². The highest BCUT2D eigenvalue weighted by molar-refractivity contribution is 5.91. The Bertz CT molecular complexity index is 1470. The van der Waals surface area contributed by atoms with E-state index >= 15 is 0 Å². The average Bonchev–Trinajstić information content (AvgIpc) is 2.93. The van der Waals surface area contributed by atoms with Gasteiger partial charge in [0.15, 0.2) is 5.82 Å². The van der Waals surface area contributed by atoms with Crippen molar-refractivity contribution < 1.29 is 24.5 Å². The fraction of sp³-hybridized carbons (Fsp3) is 0.0370. The van der Waals surface area contributed by atoms with Crippen LogP contribution in [0.1, 0.15) is 31.8 Å². The monoisotopic (exact) mass is 525 g/mol. The van der Waals surface area contributed by atoms with E-state index in [-0.39, 0.29) is 17.1 Å². The Kier molecular flexibility index (Phi) is 8.39. The van der Waals surface area contributed by atoms with Gasteiger partial charge >= 0.3 is 11.9 Å². The van der Waals surface area contributed by atoms with Crippen LogP contribution in [-0.2, 0) is 0 Å². The Morgan fingerprint density at radius 3 is 1.97 bits per heavy atom. The molecule has 4 rings (SSSR count). The second kappa shape index (κ2) is 12.5. The highest BCUT2D eigenvalue weighted by Crippen LogP contribution is 2.27. The van der Waals surface area contributed by atoms with Crippen LogP contribution in [0.2, 0.25) is 0 Å². The lowest BCUT2D eigenvalue weighted by Crippen LogP contribution is -2.05. The molecule has 39 heavy (non-hydrogen) atoms. The number of carbonyl (C=O) groups is 2. The van der Waals surface area contributed by atoms with Crippen molar-refractivity contribution in [2.75, 3.05) is 23.3 Å². The van der Waals surface area contributed by atoms with Gasteiger partial charge in [0.2, 0.25) is 5.95 Å².